The van der Waals surface area contributed by atoms with Crippen LogP contribution in [0, 0.1) is 0 Å². The summed E-state index contributed by atoms with van der Waals surface area (Å²) >= 11 is 13.1. The zero-order chi connectivity index (χ0) is 16.7. The van der Waals surface area contributed by atoms with Crippen molar-refractivity contribution in [3.8, 4) is 11.4 Å². The van der Waals surface area contributed by atoms with E-state index < -0.39 is 0 Å². The Morgan fingerprint density at radius 3 is 2.21 bits per heavy atom. The Labute approximate surface area is 150 Å². The second-order valence-corrected chi connectivity index (χ2v) is 7.00. The van der Waals surface area contributed by atoms with Crippen LogP contribution in [0.15, 0.2) is 53.3 Å². The van der Waals surface area contributed by atoms with Crippen LogP contribution >= 0.6 is 34.5 Å². The molecule has 0 atom stereocenters. The molecule has 2 heterocycles. The Morgan fingerprint density at radius 2 is 1.54 bits per heavy atom. The highest BCUT2D eigenvalue weighted by Gasteiger charge is 2.13. The van der Waals surface area contributed by atoms with Crippen LogP contribution < -0.4 is 10.1 Å². The number of rotatable bonds is 2. The van der Waals surface area contributed by atoms with Crippen molar-refractivity contribution in [3.05, 3.63) is 79.0 Å². The van der Waals surface area contributed by atoms with Crippen LogP contribution in [0.25, 0.3) is 22.4 Å². The van der Waals surface area contributed by atoms with Gasteiger partial charge in [-0.2, -0.15) is 0 Å². The number of fused-ring (bicyclic) bond motifs is 1. The van der Waals surface area contributed by atoms with Gasteiger partial charge in [0, 0.05) is 15.6 Å². The molecule has 24 heavy (non-hydrogen) atoms. The van der Waals surface area contributed by atoms with Gasteiger partial charge in [-0.1, -0.05) is 46.7 Å². The topological polar surface area (TPSA) is 47.3 Å². The number of benzene rings is 2. The van der Waals surface area contributed by atoms with Crippen LogP contribution in [0.1, 0.15) is 5.56 Å². The van der Waals surface area contributed by atoms with Gasteiger partial charge in [-0.05, 0) is 48.0 Å². The molecule has 2 aromatic carbocycles. The van der Waals surface area contributed by atoms with E-state index in [4.69, 9.17) is 23.2 Å². The van der Waals surface area contributed by atoms with E-state index in [9.17, 15) is 4.79 Å². The highest BCUT2D eigenvalue weighted by molar-refractivity contribution is 7.15. The summed E-state index contributed by atoms with van der Waals surface area (Å²) in [7, 11) is 0. The maximum Gasteiger partial charge on any atom is 0.276 e. The molecule has 0 spiro atoms. The first-order valence-electron chi connectivity index (χ1n) is 7.03. The Bertz CT molecular complexity index is 1130. The lowest BCUT2D eigenvalue weighted by atomic mass is 10.2. The second-order valence-electron chi connectivity index (χ2n) is 5.12. The highest BCUT2D eigenvalue weighted by Crippen LogP contribution is 2.20. The lowest BCUT2D eigenvalue weighted by Crippen LogP contribution is -2.23. The van der Waals surface area contributed by atoms with Gasteiger partial charge < -0.3 is 0 Å². The molecule has 0 saturated carbocycles. The zero-order valence-corrected chi connectivity index (χ0v) is 14.4. The predicted octanol–water partition coefficient (Wildman–Crippen LogP) is 3.67. The molecule has 0 unspecified atom stereocenters. The Kier molecular flexibility index (Phi) is 3.84. The third kappa shape index (κ3) is 2.71. The normalized spacial score (nSPS) is 12.2. The lowest BCUT2D eigenvalue weighted by molar-refractivity contribution is 1.09. The van der Waals surface area contributed by atoms with Gasteiger partial charge in [0.15, 0.2) is 5.82 Å². The van der Waals surface area contributed by atoms with Crippen molar-refractivity contribution >= 4 is 45.6 Å². The minimum absolute atomic E-state index is 0.139. The minimum atomic E-state index is -0.139. The van der Waals surface area contributed by atoms with Crippen molar-refractivity contribution in [3.63, 3.8) is 0 Å². The van der Waals surface area contributed by atoms with Crippen LogP contribution in [-0.2, 0) is 0 Å². The molecule has 7 heteroatoms. The van der Waals surface area contributed by atoms with Crippen LogP contribution in [0.3, 0.4) is 0 Å². The van der Waals surface area contributed by atoms with Gasteiger partial charge in [-0.3, -0.25) is 4.79 Å². The molecule has 4 aromatic rings. The summed E-state index contributed by atoms with van der Waals surface area (Å²) in [6, 6.07) is 14.5. The van der Waals surface area contributed by atoms with E-state index in [0.29, 0.717) is 25.4 Å². The van der Waals surface area contributed by atoms with E-state index in [1.54, 1.807) is 24.3 Å². The quantitative estimate of drug-likeness (QED) is 0.538. The standard InChI is InChI=1S/C17H9Cl2N3OS/c18-12-5-1-10(2-6-12)9-14-16(23)22-15(20-21-17(22)24-14)11-3-7-13(19)8-4-11/h1-9H/b14-9+. The molecule has 0 radical (unpaired) electrons. The first kappa shape index (κ1) is 15.3. The van der Waals surface area contributed by atoms with Crippen molar-refractivity contribution in [2.75, 3.05) is 0 Å². The van der Waals surface area contributed by atoms with Crippen LogP contribution in [0.4, 0.5) is 0 Å². The van der Waals surface area contributed by atoms with Gasteiger partial charge in [-0.25, -0.2) is 4.40 Å². The number of aromatic nitrogens is 3. The molecule has 0 bridgehead atoms. The van der Waals surface area contributed by atoms with Crippen molar-refractivity contribution < 1.29 is 0 Å². The number of hydrogen-bond acceptors (Lipinski definition) is 4. The fourth-order valence-corrected chi connectivity index (χ4v) is 3.52. The minimum Gasteiger partial charge on any atom is -0.267 e. The second kappa shape index (κ2) is 6.02. The first-order chi connectivity index (χ1) is 11.6. The molecule has 0 fully saturated rings. The van der Waals surface area contributed by atoms with Crippen LogP contribution in [0.5, 0.6) is 0 Å². The average Bonchev–Trinajstić information content (AvgIpc) is 3.12. The summed E-state index contributed by atoms with van der Waals surface area (Å²) < 4.78 is 2.12. The molecule has 0 aliphatic carbocycles. The fourth-order valence-electron chi connectivity index (χ4n) is 2.36. The number of halogens is 2. The summed E-state index contributed by atoms with van der Waals surface area (Å²) in [4.78, 5) is 13.3. The molecular weight excluding hydrogens is 365 g/mol. The van der Waals surface area contributed by atoms with Gasteiger partial charge in [-0.15, -0.1) is 10.2 Å². The van der Waals surface area contributed by atoms with E-state index >= 15 is 0 Å². The van der Waals surface area contributed by atoms with E-state index in [0.717, 1.165) is 11.1 Å². The fraction of sp³-hybridized carbons (Fsp3) is 0. The summed E-state index contributed by atoms with van der Waals surface area (Å²) in [5, 5.41) is 9.52. The summed E-state index contributed by atoms with van der Waals surface area (Å²) in [5.74, 6) is 0.513. The SMILES string of the molecule is O=c1/c(=C\c2ccc(Cl)cc2)sc2nnc(-c3ccc(Cl)cc3)n12. The summed E-state index contributed by atoms with van der Waals surface area (Å²) in [5.41, 5.74) is 1.56. The largest absolute Gasteiger partial charge is 0.276 e. The van der Waals surface area contributed by atoms with Crippen molar-refractivity contribution in [1.29, 1.82) is 0 Å². The Balaban J connectivity index is 1.89. The molecular formula is C17H9Cl2N3OS. The molecule has 4 nitrogen and oxygen atoms in total. The maximum atomic E-state index is 12.7. The summed E-state index contributed by atoms with van der Waals surface area (Å²) in [6.07, 6.45) is 1.82. The van der Waals surface area contributed by atoms with Crippen molar-refractivity contribution in [2.45, 2.75) is 0 Å². The maximum absolute atomic E-state index is 12.7. The molecule has 0 aliphatic rings. The van der Waals surface area contributed by atoms with Crippen LogP contribution in [-0.4, -0.2) is 14.6 Å². The van der Waals surface area contributed by atoms with Gasteiger partial charge in [0.1, 0.15) is 0 Å². The molecule has 2 aromatic heterocycles. The van der Waals surface area contributed by atoms with Gasteiger partial charge in [0.2, 0.25) is 4.96 Å². The number of nitrogens with zero attached hydrogens (tertiary/aromatic N) is 3. The molecule has 0 saturated heterocycles. The van der Waals surface area contributed by atoms with Crippen LogP contribution in [0.2, 0.25) is 10.0 Å². The molecule has 0 aliphatic heterocycles. The average molecular weight is 374 g/mol. The smallest absolute Gasteiger partial charge is 0.267 e. The summed E-state index contributed by atoms with van der Waals surface area (Å²) in [6.45, 7) is 0. The highest BCUT2D eigenvalue weighted by atomic mass is 35.5. The van der Waals surface area contributed by atoms with E-state index in [1.165, 1.54) is 15.7 Å². The van der Waals surface area contributed by atoms with Gasteiger partial charge in [0.25, 0.3) is 5.56 Å². The first-order valence-corrected chi connectivity index (χ1v) is 8.60. The third-order valence-electron chi connectivity index (χ3n) is 3.52. The van der Waals surface area contributed by atoms with E-state index in [1.807, 2.05) is 30.3 Å². The van der Waals surface area contributed by atoms with Gasteiger partial charge in [0.05, 0.1) is 4.53 Å². The monoisotopic (exact) mass is 373 g/mol. The van der Waals surface area contributed by atoms with Gasteiger partial charge >= 0.3 is 0 Å². The van der Waals surface area contributed by atoms with E-state index in [2.05, 4.69) is 10.2 Å². The van der Waals surface area contributed by atoms with Crippen molar-refractivity contribution in [2.24, 2.45) is 0 Å². The number of hydrogen-bond donors (Lipinski definition) is 0. The lowest BCUT2D eigenvalue weighted by Gasteiger charge is -1.96. The predicted molar refractivity (Wildman–Crippen MR) is 97.8 cm³/mol. The molecule has 0 amide bonds. The zero-order valence-electron chi connectivity index (χ0n) is 12.1. The molecule has 118 valence electrons. The molecule has 4 rings (SSSR count). The molecule has 0 N–H and O–H groups in total. The van der Waals surface area contributed by atoms with E-state index in [-0.39, 0.29) is 5.56 Å². The third-order valence-corrected chi connectivity index (χ3v) is 4.98. The Hall–Kier alpha value is -2.21. The Morgan fingerprint density at radius 1 is 0.917 bits per heavy atom. The number of thiazole rings is 1. The van der Waals surface area contributed by atoms with Crippen molar-refractivity contribution in [1.82, 2.24) is 14.6 Å².